The molecule has 148 valence electrons. The van der Waals surface area contributed by atoms with Crippen LogP contribution in [0.3, 0.4) is 0 Å². The van der Waals surface area contributed by atoms with E-state index in [0.717, 1.165) is 32.6 Å². The monoisotopic (exact) mass is 405 g/mol. The van der Waals surface area contributed by atoms with Crippen molar-refractivity contribution in [2.75, 3.05) is 19.0 Å². The number of benzene rings is 3. The molecule has 1 amide bonds. The summed E-state index contributed by atoms with van der Waals surface area (Å²) in [6.07, 6.45) is 0. The minimum atomic E-state index is -0.299. The van der Waals surface area contributed by atoms with E-state index in [2.05, 4.69) is 9.88 Å². The molecule has 1 atom stereocenters. The maximum Gasteiger partial charge on any atom is 0.237 e. The maximum atomic E-state index is 12.9. The van der Waals surface area contributed by atoms with E-state index in [1.807, 2.05) is 73.7 Å². The molecule has 4 aromatic rings. The van der Waals surface area contributed by atoms with Crippen molar-refractivity contribution in [2.45, 2.75) is 23.9 Å². The van der Waals surface area contributed by atoms with Crippen LogP contribution in [-0.4, -0.2) is 34.4 Å². The molecule has 0 saturated heterocycles. The molecule has 0 fully saturated rings. The van der Waals surface area contributed by atoms with E-state index in [4.69, 9.17) is 9.72 Å². The van der Waals surface area contributed by atoms with Crippen molar-refractivity contribution in [3.63, 3.8) is 0 Å². The lowest BCUT2D eigenvalue weighted by molar-refractivity contribution is -0.115. The van der Waals surface area contributed by atoms with Gasteiger partial charge in [-0.15, -0.1) is 0 Å². The van der Waals surface area contributed by atoms with Gasteiger partial charge in [-0.25, -0.2) is 4.98 Å². The lowest BCUT2D eigenvalue weighted by Crippen LogP contribution is -2.23. The summed E-state index contributed by atoms with van der Waals surface area (Å²) in [5, 5.41) is 5.74. The zero-order valence-electron chi connectivity index (χ0n) is 16.5. The lowest BCUT2D eigenvalue weighted by atomic mass is 10.1. The smallest absolute Gasteiger partial charge is 0.237 e. The molecule has 0 aliphatic rings. The highest BCUT2D eigenvalue weighted by Gasteiger charge is 2.20. The van der Waals surface area contributed by atoms with Crippen molar-refractivity contribution in [1.82, 2.24) is 9.55 Å². The molecule has 1 heterocycles. The highest BCUT2D eigenvalue weighted by Crippen LogP contribution is 2.29. The molecule has 0 radical (unpaired) electrons. The topological polar surface area (TPSA) is 56.1 Å². The van der Waals surface area contributed by atoms with Gasteiger partial charge in [-0.05, 0) is 30.5 Å². The van der Waals surface area contributed by atoms with Crippen molar-refractivity contribution in [2.24, 2.45) is 0 Å². The van der Waals surface area contributed by atoms with Crippen LogP contribution in [0.1, 0.15) is 6.92 Å². The second-order valence-corrected chi connectivity index (χ2v) is 8.11. The summed E-state index contributed by atoms with van der Waals surface area (Å²) < 4.78 is 7.37. The van der Waals surface area contributed by atoms with Crippen molar-refractivity contribution >= 4 is 45.2 Å². The Bertz CT molecular complexity index is 1150. The predicted octanol–water partition coefficient (Wildman–Crippen LogP) is 4.96. The fourth-order valence-corrected chi connectivity index (χ4v) is 4.27. The zero-order chi connectivity index (χ0) is 20.2. The van der Waals surface area contributed by atoms with Gasteiger partial charge in [0.1, 0.15) is 0 Å². The van der Waals surface area contributed by atoms with Crippen LogP contribution in [0.25, 0.3) is 21.8 Å². The van der Waals surface area contributed by atoms with Gasteiger partial charge in [-0.3, -0.25) is 4.79 Å². The molecule has 0 aliphatic heterocycles. The third kappa shape index (κ3) is 4.13. The molecule has 0 aliphatic carbocycles. The molecular formula is C23H23N3O2S. The van der Waals surface area contributed by atoms with Crippen LogP contribution in [0.15, 0.2) is 71.9 Å². The second kappa shape index (κ2) is 8.68. The van der Waals surface area contributed by atoms with Crippen molar-refractivity contribution < 1.29 is 9.53 Å². The number of carbonyl (C=O) groups excluding carboxylic acids is 1. The van der Waals surface area contributed by atoms with E-state index >= 15 is 0 Å². The van der Waals surface area contributed by atoms with Crippen LogP contribution < -0.4 is 5.32 Å². The Morgan fingerprint density at radius 1 is 1.10 bits per heavy atom. The van der Waals surface area contributed by atoms with Gasteiger partial charge < -0.3 is 14.6 Å². The molecule has 1 N–H and O–H groups in total. The summed E-state index contributed by atoms with van der Waals surface area (Å²) in [6, 6.07) is 22.0. The third-order valence-electron chi connectivity index (χ3n) is 4.84. The molecular weight excluding hydrogens is 382 g/mol. The van der Waals surface area contributed by atoms with Crippen LogP contribution in [0.5, 0.6) is 0 Å². The number of ether oxygens (including phenoxy) is 1. The van der Waals surface area contributed by atoms with Crippen LogP contribution in [-0.2, 0) is 16.1 Å². The Hall–Kier alpha value is -2.83. The number of rotatable bonds is 7. The van der Waals surface area contributed by atoms with Gasteiger partial charge >= 0.3 is 0 Å². The Morgan fingerprint density at radius 3 is 2.72 bits per heavy atom. The first-order chi connectivity index (χ1) is 14.2. The molecule has 0 saturated carbocycles. The van der Waals surface area contributed by atoms with E-state index in [0.29, 0.717) is 13.2 Å². The number of nitrogens with zero attached hydrogens (tertiary/aromatic N) is 2. The van der Waals surface area contributed by atoms with Crippen molar-refractivity contribution in [3.8, 4) is 0 Å². The molecule has 4 rings (SSSR count). The number of nitrogens with one attached hydrogen (secondary N) is 1. The summed E-state index contributed by atoms with van der Waals surface area (Å²) in [5.74, 6) is -0.0447. The van der Waals surface area contributed by atoms with Gasteiger partial charge in [0.15, 0.2) is 5.16 Å². The van der Waals surface area contributed by atoms with Crippen LogP contribution in [0.2, 0.25) is 0 Å². The summed E-state index contributed by atoms with van der Waals surface area (Å²) in [7, 11) is 1.69. The summed E-state index contributed by atoms with van der Waals surface area (Å²) in [4.78, 5) is 17.6. The summed E-state index contributed by atoms with van der Waals surface area (Å²) in [5.41, 5.74) is 2.80. The third-order valence-corrected chi connectivity index (χ3v) is 5.93. The number of amides is 1. The molecule has 6 heteroatoms. The molecule has 1 unspecified atom stereocenters. The van der Waals surface area contributed by atoms with E-state index in [1.165, 1.54) is 11.8 Å². The molecule has 5 nitrogen and oxygen atoms in total. The zero-order valence-corrected chi connectivity index (χ0v) is 17.3. The average Bonchev–Trinajstić information content (AvgIpc) is 3.09. The first-order valence-electron chi connectivity index (χ1n) is 9.57. The van der Waals surface area contributed by atoms with Crippen LogP contribution in [0.4, 0.5) is 5.69 Å². The first kappa shape index (κ1) is 19.5. The average molecular weight is 406 g/mol. The Kier molecular flexibility index (Phi) is 5.83. The van der Waals surface area contributed by atoms with Crippen molar-refractivity contribution in [3.05, 3.63) is 66.7 Å². The van der Waals surface area contributed by atoms with Gasteiger partial charge in [-0.1, -0.05) is 60.3 Å². The normalized spacial score (nSPS) is 12.3. The second-order valence-electron chi connectivity index (χ2n) is 6.80. The standard InChI is InChI=1S/C23H23N3O2S/c1-16(22(27)24-19-12-7-9-17-8-3-4-10-18(17)19)29-23-25-20-11-5-6-13-21(20)26(23)14-15-28-2/h3-13,16H,14-15H2,1-2H3,(H,24,27). The molecule has 29 heavy (non-hydrogen) atoms. The molecule has 3 aromatic carbocycles. The Morgan fingerprint density at radius 2 is 1.86 bits per heavy atom. The molecule has 0 bridgehead atoms. The van der Waals surface area contributed by atoms with Crippen molar-refractivity contribution in [1.29, 1.82) is 0 Å². The minimum absolute atomic E-state index is 0.0447. The van der Waals surface area contributed by atoms with E-state index in [1.54, 1.807) is 7.11 Å². The number of carbonyl (C=O) groups is 1. The SMILES string of the molecule is COCCn1c(SC(C)C(=O)Nc2cccc3ccccc23)nc2ccccc21. The number of methoxy groups -OCH3 is 1. The Balaban J connectivity index is 1.56. The number of hydrogen-bond donors (Lipinski definition) is 1. The van der Waals surface area contributed by atoms with Gasteiger partial charge in [0.05, 0.1) is 22.9 Å². The van der Waals surface area contributed by atoms with Crippen LogP contribution >= 0.6 is 11.8 Å². The van der Waals surface area contributed by atoms with Gasteiger partial charge in [0.25, 0.3) is 0 Å². The lowest BCUT2D eigenvalue weighted by Gasteiger charge is -2.14. The minimum Gasteiger partial charge on any atom is -0.383 e. The largest absolute Gasteiger partial charge is 0.383 e. The number of aromatic nitrogens is 2. The number of thioether (sulfide) groups is 1. The van der Waals surface area contributed by atoms with Gasteiger partial charge in [-0.2, -0.15) is 0 Å². The first-order valence-corrected chi connectivity index (χ1v) is 10.4. The highest BCUT2D eigenvalue weighted by atomic mass is 32.2. The molecule has 1 aromatic heterocycles. The van der Waals surface area contributed by atoms with E-state index < -0.39 is 0 Å². The Labute approximate surface area is 174 Å². The van der Waals surface area contributed by atoms with E-state index in [9.17, 15) is 4.79 Å². The molecule has 0 spiro atoms. The van der Waals surface area contributed by atoms with Gasteiger partial charge in [0.2, 0.25) is 5.91 Å². The highest BCUT2D eigenvalue weighted by molar-refractivity contribution is 8.00. The number of para-hydroxylation sites is 2. The summed E-state index contributed by atoms with van der Waals surface area (Å²) in [6.45, 7) is 3.19. The fourth-order valence-electron chi connectivity index (χ4n) is 3.32. The number of hydrogen-bond acceptors (Lipinski definition) is 4. The fraction of sp³-hybridized carbons (Fsp3) is 0.217. The predicted molar refractivity (Wildman–Crippen MR) is 120 cm³/mol. The number of imidazole rings is 1. The van der Waals surface area contributed by atoms with E-state index in [-0.39, 0.29) is 11.2 Å². The number of anilines is 1. The van der Waals surface area contributed by atoms with Crippen LogP contribution in [0, 0.1) is 0 Å². The quantitative estimate of drug-likeness (QED) is 0.442. The van der Waals surface area contributed by atoms with Gasteiger partial charge in [0, 0.05) is 24.7 Å². The number of fused-ring (bicyclic) bond motifs is 2. The maximum absolute atomic E-state index is 12.9. The summed E-state index contributed by atoms with van der Waals surface area (Å²) >= 11 is 1.46.